The topological polar surface area (TPSA) is 137 Å². The molecule has 2 aromatic carbocycles. The summed E-state index contributed by atoms with van der Waals surface area (Å²) in [6.45, 7) is 1.42. The summed E-state index contributed by atoms with van der Waals surface area (Å²) in [5, 5.41) is 8.44. The van der Waals surface area contributed by atoms with Crippen LogP contribution in [-0.4, -0.2) is 25.9 Å². The summed E-state index contributed by atoms with van der Waals surface area (Å²) in [5.74, 6) is 0.471. The highest BCUT2D eigenvalue weighted by Crippen LogP contribution is 2.20. The van der Waals surface area contributed by atoms with E-state index in [1.807, 2.05) is 24.3 Å². The van der Waals surface area contributed by atoms with Gasteiger partial charge in [-0.1, -0.05) is 24.3 Å². The minimum atomic E-state index is -3.66. The minimum absolute atomic E-state index is 0.112. The Morgan fingerprint density at radius 3 is 2.20 bits per heavy atom. The number of benzene rings is 2. The first-order chi connectivity index (χ1) is 14.3. The number of nitrogens with two attached hydrogens (primary N) is 2. The number of nitrogens with zero attached hydrogens (tertiary/aromatic N) is 1. The van der Waals surface area contributed by atoms with Crippen molar-refractivity contribution in [1.82, 2.24) is 10.3 Å². The molecule has 30 heavy (non-hydrogen) atoms. The van der Waals surface area contributed by atoms with Crippen LogP contribution in [0, 0.1) is 0 Å². The van der Waals surface area contributed by atoms with Gasteiger partial charge in [-0.05, 0) is 54.4 Å². The van der Waals surface area contributed by atoms with E-state index >= 15 is 0 Å². The lowest BCUT2D eigenvalue weighted by atomic mass is 10.1. The molecule has 156 valence electrons. The largest absolute Gasteiger partial charge is 0.439 e. The average molecular weight is 426 g/mol. The number of sulfonamides is 1. The Kier molecular flexibility index (Phi) is 6.78. The summed E-state index contributed by atoms with van der Waals surface area (Å²) in [7, 11) is -3.66. The zero-order valence-corrected chi connectivity index (χ0v) is 16.9. The lowest BCUT2D eigenvalue weighted by molar-refractivity contribution is 0.1000. The second-order valence-electron chi connectivity index (χ2n) is 6.61. The van der Waals surface area contributed by atoms with E-state index in [0.717, 1.165) is 24.1 Å². The van der Waals surface area contributed by atoms with Gasteiger partial charge in [0.2, 0.25) is 21.8 Å². The van der Waals surface area contributed by atoms with Crippen LogP contribution in [0.5, 0.6) is 11.6 Å². The number of amides is 1. The predicted molar refractivity (Wildman–Crippen MR) is 112 cm³/mol. The third-order valence-electron chi connectivity index (χ3n) is 4.34. The van der Waals surface area contributed by atoms with Crippen LogP contribution in [0.2, 0.25) is 0 Å². The second kappa shape index (κ2) is 9.49. The second-order valence-corrected chi connectivity index (χ2v) is 8.17. The van der Waals surface area contributed by atoms with E-state index in [4.69, 9.17) is 15.6 Å². The predicted octanol–water partition coefficient (Wildman–Crippen LogP) is 1.95. The van der Waals surface area contributed by atoms with Gasteiger partial charge in [-0.25, -0.2) is 18.5 Å². The Balaban J connectivity index is 1.45. The number of carbonyl (C=O) groups is 1. The van der Waals surface area contributed by atoms with Crippen LogP contribution < -0.4 is 20.9 Å². The van der Waals surface area contributed by atoms with Crippen molar-refractivity contribution in [2.24, 2.45) is 10.9 Å². The number of nitrogens with one attached hydrogen (secondary N) is 1. The molecule has 0 atom stereocenters. The number of primary sulfonamides is 1. The highest BCUT2D eigenvalue weighted by Gasteiger charge is 2.06. The summed E-state index contributed by atoms with van der Waals surface area (Å²) < 4.78 is 28.2. The van der Waals surface area contributed by atoms with Gasteiger partial charge in [0.1, 0.15) is 5.75 Å². The number of hydrogen-bond acceptors (Lipinski definition) is 6. The molecule has 1 aromatic heterocycles. The van der Waals surface area contributed by atoms with Gasteiger partial charge in [-0.15, -0.1) is 0 Å². The first-order valence-electron chi connectivity index (χ1n) is 9.16. The fourth-order valence-corrected chi connectivity index (χ4v) is 3.21. The smallest absolute Gasteiger partial charge is 0.250 e. The number of ether oxygens (including phenoxy) is 1. The summed E-state index contributed by atoms with van der Waals surface area (Å²) in [6.07, 6.45) is 2.14. The average Bonchev–Trinajstić information content (AvgIpc) is 2.72. The molecule has 3 aromatic rings. The molecule has 1 heterocycles. The highest BCUT2D eigenvalue weighted by atomic mass is 32.2. The van der Waals surface area contributed by atoms with Crippen molar-refractivity contribution >= 4 is 15.9 Å². The molecule has 0 spiro atoms. The number of pyridine rings is 1. The molecule has 0 aliphatic carbocycles. The number of primary amides is 1. The van der Waals surface area contributed by atoms with Crippen LogP contribution in [0.15, 0.2) is 71.8 Å². The first kappa shape index (κ1) is 21.4. The molecule has 0 bridgehead atoms. The number of aromatic nitrogens is 1. The van der Waals surface area contributed by atoms with Gasteiger partial charge in [-0.2, -0.15) is 0 Å². The van der Waals surface area contributed by atoms with Crippen molar-refractivity contribution in [3.63, 3.8) is 0 Å². The van der Waals surface area contributed by atoms with Gasteiger partial charge in [-0.3, -0.25) is 4.79 Å². The third kappa shape index (κ3) is 6.11. The maximum atomic E-state index is 11.3. The molecule has 9 heteroatoms. The van der Waals surface area contributed by atoms with Crippen molar-refractivity contribution in [3.05, 3.63) is 83.6 Å². The highest BCUT2D eigenvalue weighted by molar-refractivity contribution is 7.89. The summed E-state index contributed by atoms with van der Waals surface area (Å²) >= 11 is 0. The molecule has 0 aliphatic heterocycles. The molecule has 8 nitrogen and oxygen atoms in total. The Labute approximate surface area is 174 Å². The molecule has 0 fully saturated rings. The monoisotopic (exact) mass is 426 g/mol. The molecule has 0 saturated carbocycles. The van der Waals surface area contributed by atoms with E-state index in [2.05, 4.69) is 10.3 Å². The maximum absolute atomic E-state index is 11.3. The maximum Gasteiger partial charge on any atom is 0.250 e. The van der Waals surface area contributed by atoms with Crippen LogP contribution in [0.25, 0.3) is 0 Å². The number of carbonyl (C=O) groups excluding carboxylic acids is 1. The Hall–Kier alpha value is -3.27. The van der Waals surface area contributed by atoms with E-state index < -0.39 is 15.9 Å². The normalized spacial score (nSPS) is 11.2. The van der Waals surface area contributed by atoms with Crippen molar-refractivity contribution in [3.8, 4) is 11.6 Å². The van der Waals surface area contributed by atoms with Crippen molar-refractivity contribution in [1.29, 1.82) is 0 Å². The lowest BCUT2D eigenvalue weighted by Gasteiger charge is -2.08. The first-order valence-corrected chi connectivity index (χ1v) is 10.7. The van der Waals surface area contributed by atoms with E-state index in [1.54, 1.807) is 24.3 Å². The summed E-state index contributed by atoms with van der Waals surface area (Å²) in [5.41, 5.74) is 7.62. The van der Waals surface area contributed by atoms with Crippen LogP contribution in [0.3, 0.4) is 0 Å². The fourth-order valence-electron chi connectivity index (χ4n) is 2.69. The van der Waals surface area contributed by atoms with Crippen molar-refractivity contribution in [2.75, 3.05) is 6.54 Å². The minimum Gasteiger partial charge on any atom is -0.439 e. The van der Waals surface area contributed by atoms with Gasteiger partial charge in [0.05, 0.1) is 10.5 Å². The molecule has 3 rings (SSSR count). The molecule has 1 amide bonds. The van der Waals surface area contributed by atoms with Crippen molar-refractivity contribution in [2.45, 2.75) is 17.9 Å². The van der Waals surface area contributed by atoms with Gasteiger partial charge in [0, 0.05) is 18.8 Å². The molecule has 5 N–H and O–H groups in total. The van der Waals surface area contributed by atoms with E-state index in [0.29, 0.717) is 23.7 Å². The zero-order valence-electron chi connectivity index (χ0n) is 16.1. The van der Waals surface area contributed by atoms with Crippen LogP contribution >= 0.6 is 0 Å². The van der Waals surface area contributed by atoms with Crippen LogP contribution in [0.1, 0.15) is 21.5 Å². The lowest BCUT2D eigenvalue weighted by Crippen LogP contribution is -2.17. The zero-order chi connectivity index (χ0) is 21.6. The van der Waals surface area contributed by atoms with Gasteiger partial charge < -0.3 is 15.8 Å². The standard InChI is InChI=1S/C21H22N4O4S/c22-21(26)17-5-10-20(25-14-17)29-18-6-1-16(2-7-18)13-24-12-11-15-3-8-19(9-4-15)30(23,27)28/h1-10,14,24H,11-13H2,(H2,22,26)(H2,23,27,28). The van der Waals surface area contributed by atoms with Gasteiger partial charge in [0.25, 0.3) is 0 Å². The van der Waals surface area contributed by atoms with Crippen LogP contribution in [-0.2, 0) is 23.0 Å². The van der Waals surface area contributed by atoms with Crippen molar-refractivity contribution < 1.29 is 17.9 Å². The van der Waals surface area contributed by atoms with Crippen LogP contribution in [0.4, 0.5) is 0 Å². The summed E-state index contributed by atoms with van der Waals surface area (Å²) in [6, 6.07) is 17.3. The molecule has 0 saturated heterocycles. The van der Waals surface area contributed by atoms with E-state index in [9.17, 15) is 13.2 Å². The van der Waals surface area contributed by atoms with E-state index in [1.165, 1.54) is 18.3 Å². The number of rotatable bonds is 9. The fraction of sp³-hybridized carbons (Fsp3) is 0.143. The SMILES string of the molecule is NC(=O)c1ccc(Oc2ccc(CNCCc3ccc(S(N)(=O)=O)cc3)cc2)nc1. The third-order valence-corrected chi connectivity index (χ3v) is 5.27. The molecular weight excluding hydrogens is 404 g/mol. The molecule has 0 aliphatic rings. The van der Waals surface area contributed by atoms with E-state index in [-0.39, 0.29) is 4.90 Å². The molecule has 0 radical (unpaired) electrons. The Morgan fingerprint density at radius 1 is 0.967 bits per heavy atom. The Bertz CT molecular complexity index is 1100. The summed E-state index contributed by atoms with van der Waals surface area (Å²) in [4.78, 5) is 15.2. The number of hydrogen-bond donors (Lipinski definition) is 3. The van der Waals surface area contributed by atoms with Gasteiger partial charge in [0.15, 0.2) is 0 Å². The quantitative estimate of drug-likeness (QED) is 0.447. The van der Waals surface area contributed by atoms with Gasteiger partial charge >= 0.3 is 0 Å². The molecule has 0 unspecified atom stereocenters. The molecular formula is C21H22N4O4S. The Morgan fingerprint density at radius 2 is 1.63 bits per heavy atom.